The molecule has 1 aliphatic rings. The molecule has 1 aromatic carbocycles. The van der Waals surface area contributed by atoms with Crippen molar-refractivity contribution in [3.05, 3.63) is 52.6 Å². The molecule has 1 atom stereocenters. The van der Waals surface area contributed by atoms with E-state index in [2.05, 4.69) is 4.74 Å². The third kappa shape index (κ3) is 2.70. The molecule has 0 saturated heterocycles. The number of fused-ring (bicyclic) bond motifs is 1. The van der Waals surface area contributed by atoms with Crippen molar-refractivity contribution in [1.82, 2.24) is 0 Å². The van der Waals surface area contributed by atoms with E-state index in [9.17, 15) is 14.4 Å². The van der Waals surface area contributed by atoms with Crippen molar-refractivity contribution < 1.29 is 23.9 Å². The van der Waals surface area contributed by atoms with E-state index >= 15 is 0 Å². The van der Waals surface area contributed by atoms with Crippen molar-refractivity contribution >= 4 is 23.8 Å². The van der Waals surface area contributed by atoms with Gasteiger partial charge in [-0.1, -0.05) is 24.3 Å². The Hall–Kier alpha value is -2.69. The first-order chi connectivity index (χ1) is 10.9. The van der Waals surface area contributed by atoms with Gasteiger partial charge in [-0.15, -0.1) is 0 Å². The number of rotatable bonds is 3. The Kier molecular flexibility index (Phi) is 4.50. The molecule has 0 spiro atoms. The zero-order chi connectivity index (χ0) is 17.2. The summed E-state index contributed by atoms with van der Waals surface area (Å²) in [5, 5.41) is 0. The fraction of sp³-hybridized carbons (Fsp3) is 0.278. The van der Waals surface area contributed by atoms with E-state index in [0.29, 0.717) is 11.1 Å². The third-order valence-corrected chi connectivity index (χ3v) is 4.09. The summed E-state index contributed by atoms with van der Waals surface area (Å²) in [5.41, 5.74) is 0.627. The molecule has 0 heterocycles. The Morgan fingerprint density at radius 2 is 1.78 bits per heavy atom. The lowest BCUT2D eigenvalue weighted by Crippen LogP contribution is -2.41. The van der Waals surface area contributed by atoms with Crippen molar-refractivity contribution in [3.8, 4) is 0 Å². The number of hydrogen-bond acceptors (Lipinski definition) is 5. The maximum atomic E-state index is 12.9. The molecule has 0 fully saturated rings. The predicted octanol–water partition coefficient (Wildman–Crippen LogP) is 2.20. The number of Topliss-reactive ketones (excluding diaryl/α,β-unsaturated/α-hetero) is 1. The Morgan fingerprint density at radius 1 is 1.13 bits per heavy atom. The number of ether oxygens (including phenoxy) is 2. The highest BCUT2D eigenvalue weighted by Gasteiger charge is 2.46. The molecule has 0 aromatic heterocycles. The van der Waals surface area contributed by atoms with Crippen LogP contribution in [0, 0.1) is 0 Å². The van der Waals surface area contributed by atoms with Crippen LogP contribution in [-0.4, -0.2) is 31.9 Å². The van der Waals surface area contributed by atoms with Crippen molar-refractivity contribution in [2.45, 2.75) is 19.3 Å². The molecule has 23 heavy (non-hydrogen) atoms. The number of benzene rings is 1. The first-order valence-electron chi connectivity index (χ1n) is 7.07. The molecule has 0 bridgehead atoms. The summed E-state index contributed by atoms with van der Waals surface area (Å²) in [6.45, 7) is 3.31. The van der Waals surface area contributed by atoms with E-state index in [1.807, 2.05) is 12.1 Å². The van der Waals surface area contributed by atoms with Gasteiger partial charge in [0.25, 0.3) is 0 Å². The molecule has 5 heteroatoms. The van der Waals surface area contributed by atoms with E-state index in [4.69, 9.17) is 4.74 Å². The van der Waals surface area contributed by atoms with Crippen LogP contribution in [0.2, 0.25) is 0 Å². The molecule has 0 radical (unpaired) electrons. The van der Waals surface area contributed by atoms with Crippen LogP contribution in [0.5, 0.6) is 0 Å². The lowest BCUT2D eigenvalue weighted by molar-refractivity contribution is -0.140. The van der Waals surface area contributed by atoms with Crippen molar-refractivity contribution in [3.63, 3.8) is 0 Å². The molecule has 0 aliphatic heterocycles. The molecule has 0 amide bonds. The van der Waals surface area contributed by atoms with Crippen LogP contribution < -0.4 is 0 Å². The van der Waals surface area contributed by atoms with Gasteiger partial charge in [0.1, 0.15) is 0 Å². The summed E-state index contributed by atoms with van der Waals surface area (Å²) in [7, 11) is 2.41. The van der Waals surface area contributed by atoms with Gasteiger partial charge in [0.05, 0.1) is 25.2 Å². The van der Waals surface area contributed by atoms with Crippen LogP contribution in [0.1, 0.15) is 25.0 Å². The Balaban J connectivity index is 2.76. The molecule has 0 N–H and O–H groups in total. The number of allylic oxidation sites excluding steroid dienone is 1. The number of carbonyl (C=O) groups excluding carboxylic acids is 3. The molecule has 120 valence electrons. The van der Waals surface area contributed by atoms with Crippen LogP contribution in [0.25, 0.3) is 6.08 Å². The van der Waals surface area contributed by atoms with Gasteiger partial charge in [-0.3, -0.25) is 4.79 Å². The summed E-state index contributed by atoms with van der Waals surface area (Å²) >= 11 is 0. The van der Waals surface area contributed by atoms with Gasteiger partial charge in [-0.2, -0.15) is 0 Å². The molecule has 1 aliphatic carbocycles. The largest absolute Gasteiger partial charge is 0.466 e. The standard InChI is InChI=1S/C18H18O5/c1-11-9-12-7-5-6-8-13(12)18(2,16(11)20)14(17(21)23-4)10-15(19)22-3/h5-10H,1-4H3/b14-10+/t18-/m0/s1. The quantitative estimate of drug-likeness (QED) is 0.632. The van der Waals surface area contributed by atoms with Crippen LogP contribution in [0.4, 0.5) is 0 Å². The monoisotopic (exact) mass is 314 g/mol. The van der Waals surface area contributed by atoms with Gasteiger partial charge in [-0.05, 0) is 36.6 Å². The minimum Gasteiger partial charge on any atom is -0.466 e. The van der Waals surface area contributed by atoms with Gasteiger partial charge in [0.15, 0.2) is 5.78 Å². The Morgan fingerprint density at radius 3 is 2.39 bits per heavy atom. The van der Waals surface area contributed by atoms with E-state index in [0.717, 1.165) is 11.6 Å². The smallest absolute Gasteiger partial charge is 0.335 e. The van der Waals surface area contributed by atoms with E-state index in [-0.39, 0.29) is 11.4 Å². The maximum absolute atomic E-state index is 12.9. The second-order valence-corrected chi connectivity index (χ2v) is 5.44. The topological polar surface area (TPSA) is 69.7 Å². The first-order valence-corrected chi connectivity index (χ1v) is 7.07. The van der Waals surface area contributed by atoms with Crippen LogP contribution in [-0.2, 0) is 29.3 Å². The van der Waals surface area contributed by atoms with E-state index in [1.54, 1.807) is 32.1 Å². The number of carbonyl (C=O) groups is 3. The minimum absolute atomic E-state index is 0.0447. The third-order valence-electron chi connectivity index (χ3n) is 4.09. The lowest BCUT2D eigenvalue weighted by Gasteiger charge is -2.34. The molecule has 0 saturated carbocycles. The van der Waals surface area contributed by atoms with Crippen molar-refractivity contribution in [2.75, 3.05) is 14.2 Å². The number of ketones is 1. The van der Waals surface area contributed by atoms with E-state index in [1.165, 1.54) is 14.2 Å². The Labute approximate surface area is 134 Å². The number of methoxy groups -OCH3 is 2. The second-order valence-electron chi connectivity index (χ2n) is 5.44. The minimum atomic E-state index is -1.31. The number of hydrogen-bond donors (Lipinski definition) is 0. The SMILES string of the molecule is COC(=O)/C=C(\C(=O)OC)[C@@]1(C)C(=O)C(C)=Cc2ccccc21. The average Bonchev–Trinajstić information content (AvgIpc) is 2.56. The molecule has 0 unspecified atom stereocenters. The highest BCUT2D eigenvalue weighted by atomic mass is 16.5. The summed E-state index contributed by atoms with van der Waals surface area (Å²) in [6, 6.07) is 7.26. The average molecular weight is 314 g/mol. The highest BCUT2D eigenvalue weighted by Crippen LogP contribution is 2.41. The van der Waals surface area contributed by atoms with Gasteiger partial charge >= 0.3 is 11.9 Å². The normalized spacial score (nSPS) is 20.4. The molecule has 1 aromatic rings. The Bertz CT molecular complexity index is 742. The van der Waals surface area contributed by atoms with Gasteiger partial charge < -0.3 is 9.47 Å². The zero-order valence-electron chi connectivity index (χ0n) is 13.5. The van der Waals surface area contributed by atoms with Crippen LogP contribution in [0.3, 0.4) is 0 Å². The number of esters is 2. The fourth-order valence-electron chi connectivity index (χ4n) is 2.86. The maximum Gasteiger partial charge on any atom is 0.335 e. The van der Waals surface area contributed by atoms with Crippen molar-refractivity contribution in [1.29, 1.82) is 0 Å². The molecule has 2 rings (SSSR count). The van der Waals surface area contributed by atoms with Crippen molar-refractivity contribution in [2.24, 2.45) is 0 Å². The van der Waals surface area contributed by atoms with Gasteiger partial charge in [0.2, 0.25) is 0 Å². The van der Waals surface area contributed by atoms with Crippen LogP contribution >= 0.6 is 0 Å². The lowest BCUT2D eigenvalue weighted by atomic mass is 9.66. The van der Waals surface area contributed by atoms with Gasteiger partial charge in [-0.25, -0.2) is 9.59 Å². The predicted molar refractivity (Wildman–Crippen MR) is 84.6 cm³/mol. The molecular weight excluding hydrogens is 296 g/mol. The summed E-state index contributed by atoms with van der Waals surface area (Å²) in [4.78, 5) is 36.8. The summed E-state index contributed by atoms with van der Waals surface area (Å²) in [6.07, 6.45) is 2.80. The fourth-order valence-corrected chi connectivity index (χ4v) is 2.86. The van der Waals surface area contributed by atoms with E-state index < -0.39 is 17.4 Å². The molecular formula is C18H18O5. The first kappa shape index (κ1) is 16.7. The molecule has 5 nitrogen and oxygen atoms in total. The summed E-state index contributed by atoms with van der Waals surface area (Å²) in [5.74, 6) is -1.71. The van der Waals surface area contributed by atoms with Crippen LogP contribution in [0.15, 0.2) is 41.5 Å². The van der Waals surface area contributed by atoms with Gasteiger partial charge in [0, 0.05) is 6.08 Å². The highest BCUT2D eigenvalue weighted by molar-refractivity contribution is 6.16. The summed E-state index contributed by atoms with van der Waals surface area (Å²) < 4.78 is 9.40. The zero-order valence-corrected chi connectivity index (χ0v) is 13.5. The second kappa shape index (κ2) is 6.20.